The van der Waals surface area contributed by atoms with Gasteiger partial charge in [0.25, 0.3) is 5.91 Å². The van der Waals surface area contributed by atoms with Gasteiger partial charge in [-0.15, -0.1) is 0 Å². The molecule has 0 bridgehead atoms. The van der Waals surface area contributed by atoms with Gasteiger partial charge in [-0.3, -0.25) is 10.1 Å². The minimum Gasteiger partial charge on any atom is -0.457 e. The van der Waals surface area contributed by atoms with E-state index in [4.69, 9.17) is 4.74 Å². The lowest BCUT2D eigenvalue weighted by molar-refractivity contribution is 0.102. The fourth-order valence-electron chi connectivity index (χ4n) is 2.42. The summed E-state index contributed by atoms with van der Waals surface area (Å²) in [4.78, 5) is 24.0. The first-order valence-electron chi connectivity index (χ1n) is 8.34. The monoisotopic (exact) mass is 380 g/mol. The van der Waals surface area contributed by atoms with Crippen LogP contribution in [0.4, 0.5) is 20.6 Å². The van der Waals surface area contributed by atoms with E-state index in [0.29, 0.717) is 22.7 Å². The number of methoxy groups -OCH3 is 1. The van der Waals surface area contributed by atoms with E-state index in [0.717, 1.165) is 6.07 Å². The van der Waals surface area contributed by atoms with Crippen molar-refractivity contribution >= 4 is 23.4 Å². The average Bonchev–Trinajstić information content (AvgIpc) is 2.71. The highest BCUT2D eigenvalue weighted by Crippen LogP contribution is 2.26. The molecular weight excluding hydrogens is 363 g/mol. The molecule has 0 aliphatic heterocycles. The molecule has 2 amide bonds. The summed E-state index contributed by atoms with van der Waals surface area (Å²) in [5, 5.41) is 4.91. The minimum absolute atomic E-state index is 0.113. The first-order chi connectivity index (χ1) is 13.6. The van der Waals surface area contributed by atoms with Gasteiger partial charge in [0.15, 0.2) is 0 Å². The van der Waals surface area contributed by atoms with Crippen LogP contribution in [0.15, 0.2) is 72.8 Å². The van der Waals surface area contributed by atoms with Crippen LogP contribution in [0.1, 0.15) is 10.4 Å². The van der Waals surface area contributed by atoms with Crippen LogP contribution < -0.4 is 15.4 Å². The standard InChI is InChI=1S/C21H17FN2O4/c1-27-21(26)24-18-13-14(11-12-17(18)22)23-20(25)16-9-5-6-10-19(16)28-15-7-3-2-4-8-15/h2-13H,1H3,(H,23,25)(H,24,26). The van der Waals surface area contributed by atoms with Crippen LogP contribution in [0.3, 0.4) is 0 Å². The number of hydrogen-bond acceptors (Lipinski definition) is 4. The van der Waals surface area contributed by atoms with Gasteiger partial charge in [0.2, 0.25) is 0 Å². The van der Waals surface area contributed by atoms with Crippen LogP contribution in [0.2, 0.25) is 0 Å². The number of benzene rings is 3. The van der Waals surface area contributed by atoms with Crippen LogP contribution in [-0.2, 0) is 4.74 Å². The molecule has 0 aliphatic carbocycles. The molecule has 3 aromatic carbocycles. The van der Waals surface area contributed by atoms with Crippen molar-refractivity contribution in [2.24, 2.45) is 0 Å². The third-order valence-electron chi connectivity index (χ3n) is 3.75. The summed E-state index contributed by atoms with van der Waals surface area (Å²) in [5.74, 6) is -0.131. The van der Waals surface area contributed by atoms with Crippen molar-refractivity contribution in [2.75, 3.05) is 17.7 Å². The largest absolute Gasteiger partial charge is 0.457 e. The number of ether oxygens (including phenoxy) is 2. The Balaban J connectivity index is 1.80. The maximum absolute atomic E-state index is 13.8. The third-order valence-corrected chi connectivity index (χ3v) is 3.75. The lowest BCUT2D eigenvalue weighted by atomic mass is 10.1. The average molecular weight is 380 g/mol. The molecule has 0 saturated carbocycles. The minimum atomic E-state index is -0.816. The summed E-state index contributed by atoms with van der Waals surface area (Å²) in [5.41, 5.74) is 0.490. The molecule has 2 N–H and O–H groups in total. The van der Waals surface area contributed by atoms with Gasteiger partial charge < -0.3 is 14.8 Å². The third kappa shape index (κ3) is 4.64. The molecule has 0 radical (unpaired) electrons. The molecule has 0 fully saturated rings. The maximum atomic E-state index is 13.8. The van der Waals surface area contributed by atoms with E-state index in [2.05, 4.69) is 15.4 Å². The van der Waals surface area contributed by atoms with Gasteiger partial charge >= 0.3 is 6.09 Å². The molecule has 28 heavy (non-hydrogen) atoms. The Bertz CT molecular complexity index is 993. The molecule has 0 aromatic heterocycles. The Morgan fingerprint density at radius 1 is 0.893 bits per heavy atom. The van der Waals surface area contributed by atoms with E-state index in [1.165, 1.54) is 19.2 Å². The van der Waals surface area contributed by atoms with Crippen molar-refractivity contribution in [1.29, 1.82) is 0 Å². The van der Waals surface area contributed by atoms with E-state index < -0.39 is 17.8 Å². The second-order valence-corrected chi connectivity index (χ2v) is 5.68. The zero-order valence-electron chi connectivity index (χ0n) is 14.9. The zero-order valence-corrected chi connectivity index (χ0v) is 14.9. The number of halogens is 1. The fraction of sp³-hybridized carbons (Fsp3) is 0.0476. The van der Waals surface area contributed by atoms with Gasteiger partial charge in [0, 0.05) is 5.69 Å². The number of rotatable bonds is 5. The first-order valence-corrected chi connectivity index (χ1v) is 8.34. The highest BCUT2D eigenvalue weighted by molar-refractivity contribution is 6.06. The van der Waals surface area contributed by atoms with Gasteiger partial charge in [-0.2, -0.15) is 0 Å². The Hall–Kier alpha value is -3.87. The molecule has 0 atom stereocenters. The molecule has 7 heteroatoms. The van der Waals surface area contributed by atoms with Crippen LogP contribution in [0.25, 0.3) is 0 Å². The SMILES string of the molecule is COC(=O)Nc1cc(NC(=O)c2ccccc2Oc2ccccc2)ccc1F. The summed E-state index contributed by atoms with van der Waals surface area (Å²) in [6, 6.07) is 19.6. The van der Waals surface area contributed by atoms with Gasteiger partial charge in [0.1, 0.15) is 17.3 Å². The number of anilines is 2. The highest BCUT2D eigenvalue weighted by Gasteiger charge is 2.15. The van der Waals surface area contributed by atoms with Crippen LogP contribution >= 0.6 is 0 Å². The summed E-state index contributed by atoms with van der Waals surface area (Å²) in [7, 11) is 1.17. The molecule has 142 valence electrons. The molecule has 0 aliphatic rings. The molecular formula is C21H17FN2O4. The predicted molar refractivity (Wildman–Crippen MR) is 103 cm³/mol. The molecule has 3 aromatic rings. The van der Waals surface area contributed by atoms with E-state index in [1.54, 1.807) is 36.4 Å². The van der Waals surface area contributed by atoms with Gasteiger partial charge in [-0.1, -0.05) is 30.3 Å². The second kappa shape index (κ2) is 8.68. The lowest BCUT2D eigenvalue weighted by Gasteiger charge is -2.12. The Labute approximate surface area is 160 Å². The molecule has 0 saturated heterocycles. The van der Waals surface area contributed by atoms with Crippen molar-refractivity contribution < 1.29 is 23.5 Å². The number of nitrogens with one attached hydrogen (secondary N) is 2. The molecule has 0 spiro atoms. The van der Waals surface area contributed by atoms with Gasteiger partial charge in [0.05, 0.1) is 18.4 Å². The van der Waals surface area contributed by atoms with Crippen molar-refractivity contribution in [3.63, 3.8) is 0 Å². The Kier molecular flexibility index (Phi) is 5.86. The normalized spacial score (nSPS) is 10.1. The predicted octanol–water partition coefficient (Wildman–Crippen LogP) is 5.05. The molecule has 0 unspecified atom stereocenters. The number of carbonyl (C=O) groups is 2. The maximum Gasteiger partial charge on any atom is 0.411 e. The quantitative estimate of drug-likeness (QED) is 0.649. The molecule has 6 nitrogen and oxygen atoms in total. The summed E-state index contributed by atoms with van der Waals surface area (Å²) < 4.78 is 24.1. The van der Waals surface area contributed by atoms with Gasteiger partial charge in [-0.25, -0.2) is 9.18 Å². The zero-order chi connectivity index (χ0) is 19.9. The fourth-order valence-corrected chi connectivity index (χ4v) is 2.42. The van der Waals surface area contributed by atoms with E-state index >= 15 is 0 Å². The van der Waals surface area contributed by atoms with Crippen LogP contribution in [-0.4, -0.2) is 19.1 Å². The summed E-state index contributed by atoms with van der Waals surface area (Å²) in [6.45, 7) is 0. The number of para-hydroxylation sites is 2. The summed E-state index contributed by atoms with van der Waals surface area (Å²) in [6.07, 6.45) is -0.816. The van der Waals surface area contributed by atoms with E-state index in [-0.39, 0.29) is 5.69 Å². The second-order valence-electron chi connectivity index (χ2n) is 5.68. The lowest BCUT2D eigenvalue weighted by Crippen LogP contribution is -2.15. The van der Waals surface area contributed by atoms with Crippen molar-refractivity contribution in [3.8, 4) is 11.5 Å². The van der Waals surface area contributed by atoms with Crippen molar-refractivity contribution in [3.05, 3.63) is 84.2 Å². The van der Waals surface area contributed by atoms with E-state index in [1.807, 2.05) is 18.2 Å². The Morgan fingerprint density at radius 2 is 1.61 bits per heavy atom. The highest BCUT2D eigenvalue weighted by atomic mass is 19.1. The number of carbonyl (C=O) groups excluding carboxylic acids is 2. The van der Waals surface area contributed by atoms with Crippen molar-refractivity contribution in [2.45, 2.75) is 0 Å². The topological polar surface area (TPSA) is 76.7 Å². The van der Waals surface area contributed by atoms with Crippen molar-refractivity contribution in [1.82, 2.24) is 0 Å². The van der Waals surface area contributed by atoms with E-state index in [9.17, 15) is 14.0 Å². The Morgan fingerprint density at radius 3 is 2.36 bits per heavy atom. The number of hydrogen-bond donors (Lipinski definition) is 2. The van der Waals surface area contributed by atoms with Gasteiger partial charge in [-0.05, 0) is 42.5 Å². The molecule has 0 heterocycles. The molecule has 3 rings (SSSR count). The number of amides is 2. The first kappa shape index (κ1) is 18.9. The smallest absolute Gasteiger partial charge is 0.411 e. The summed E-state index contributed by atoms with van der Waals surface area (Å²) >= 11 is 0. The van der Waals surface area contributed by atoms with Crippen LogP contribution in [0.5, 0.6) is 11.5 Å². The van der Waals surface area contributed by atoms with Crippen LogP contribution in [0, 0.1) is 5.82 Å².